The lowest BCUT2D eigenvalue weighted by Gasteiger charge is -2.31. The minimum Gasteiger partial charge on any atom is -0.497 e. The van der Waals surface area contributed by atoms with Crippen molar-refractivity contribution in [2.75, 3.05) is 31.6 Å². The van der Waals surface area contributed by atoms with Crippen LogP contribution in [0, 0.1) is 19.8 Å². The number of carbonyl (C=O) groups is 2. The number of methoxy groups -OCH3 is 1. The Balaban J connectivity index is 1.56. The Hall–Kier alpha value is -3.52. The SMILES string of the molecule is CC[C@@H](C)CN(C[C@@H](O)C(Cc1ccccc1)NC(=O)C1CN(c2sc(C)nc2C)C(=O)O1)S(=O)(=O)c1ccc(OC)cc1. The van der Waals surface area contributed by atoms with Gasteiger partial charge in [-0.15, -0.1) is 11.3 Å². The van der Waals surface area contributed by atoms with Crippen molar-refractivity contribution in [2.45, 2.75) is 63.7 Å². The Morgan fingerprint density at radius 1 is 1.18 bits per heavy atom. The Morgan fingerprint density at radius 2 is 1.86 bits per heavy atom. The Morgan fingerprint density at radius 3 is 2.45 bits per heavy atom. The molecule has 0 bridgehead atoms. The van der Waals surface area contributed by atoms with Crippen LogP contribution in [-0.2, 0) is 26.0 Å². The molecule has 44 heavy (non-hydrogen) atoms. The number of carbonyl (C=O) groups excluding carboxylic acids is 2. The molecule has 0 radical (unpaired) electrons. The highest BCUT2D eigenvalue weighted by atomic mass is 32.2. The number of nitrogens with one attached hydrogen (secondary N) is 1. The summed E-state index contributed by atoms with van der Waals surface area (Å²) >= 11 is 1.34. The second-order valence-electron chi connectivity index (χ2n) is 11.0. The predicted molar refractivity (Wildman–Crippen MR) is 168 cm³/mol. The molecule has 0 spiro atoms. The molecule has 1 aliphatic rings. The Bertz CT molecular complexity index is 1530. The van der Waals surface area contributed by atoms with Gasteiger partial charge in [0.1, 0.15) is 10.8 Å². The summed E-state index contributed by atoms with van der Waals surface area (Å²) in [7, 11) is -2.50. The highest BCUT2D eigenvalue weighted by molar-refractivity contribution is 7.89. The molecular weight excluding hydrogens is 604 g/mol. The first-order valence-electron chi connectivity index (χ1n) is 14.5. The van der Waals surface area contributed by atoms with Crippen LogP contribution < -0.4 is 15.0 Å². The molecule has 2 amide bonds. The molecule has 0 saturated carbocycles. The number of aliphatic hydroxyl groups is 1. The van der Waals surface area contributed by atoms with Crippen LogP contribution in [0.5, 0.6) is 5.75 Å². The number of cyclic esters (lactones) is 1. The molecule has 4 rings (SSSR count). The molecule has 1 saturated heterocycles. The highest BCUT2D eigenvalue weighted by Crippen LogP contribution is 2.31. The fourth-order valence-electron chi connectivity index (χ4n) is 4.94. The lowest BCUT2D eigenvalue weighted by molar-refractivity contribution is -0.129. The second kappa shape index (κ2) is 14.5. The van der Waals surface area contributed by atoms with E-state index in [1.165, 1.54) is 39.8 Å². The van der Waals surface area contributed by atoms with E-state index < -0.39 is 40.3 Å². The molecule has 4 atom stereocenters. The number of hydrogen-bond acceptors (Lipinski definition) is 9. The fourth-order valence-corrected chi connectivity index (χ4v) is 7.44. The van der Waals surface area contributed by atoms with Gasteiger partial charge in [0.25, 0.3) is 5.91 Å². The number of sulfonamides is 1. The summed E-state index contributed by atoms with van der Waals surface area (Å²) in [4.78, 5) is 32.0. The third kappa shape index (κ3) is 7.95. The topological polar surface area (TPSA) is 138 Å². The molecule has 1 aliphatic heterocycles. The number of hydrogen-bond donors (Lipinski definition) is 2. The summed E-state index contributed by atoms with van der Waals surface area (Å²) in [6, 6.07) is 14.5. The van der Waals surface area contributed by atoms with E-state index in [1.807, 2.05) is 51.1 Å². The molecule has 1 fully saturated rings. The molecule has 11 nitrogen and oxygen atoms in total. The van der Waals surface area contributed by atoms with Crippen molar-refractivity contribution in [3.8, 4) is 5.75 Å². The maximum Gasteiger partial charge on any atom is 0.415 e. The van der Waals surface area contributed by atoms with Crippen molar-refractivity contribution < 1.29 is 32.6 Å². The van der Waals surface area contributed by atoms with Gasteiger partial charge in [0.15, 0.2) is 6.10 Å². The monoisotopic (exact) mass is 644 g/mol. The molecule has 13 heteroatoms. The normalized spacial score (nSPS) is 17.3. The third-order valence-electron chi connectivity index (χ3n) is 7.62. The van der Waals surface area contributed by atoms with Crippen molar-refractivity contribution in [3.05, 3.63) is 70.9 Å². The van der Waals surface area contributed by atoms with E-state index in [1.54, 1.807) is 19.1 Å². The first-order chi connectivity index (χ1) is 20.9. The number of aryl methyl sites for hydroxylation is 2. The molecule has 2 heterocycles. The third-order valence-corrected chi connectivity index (χ3v) is 10.6. The Kier molecular flexibility index (Phi) is 11.0. The van der Waals surface area contributed by atoms with Crippen LogP contribution in [0.2, 0.25) is 0 Å². The van der Waals surface area contributed by atoms with Gasteiger partial charge in [0.2, 0.25) is 10.0 Å². The van der Waals surface area contributed by atoms with Gasteiger partial charge < -0.3 is 19.9 Å². The van der Waals surface area contributed by atoms with Crippen LogP contribution >= 0.6 is 11.3 Å². The maximum absolute atomic E-state index is 13.8. The number of thiazole rings is 1. The number of nitrogens with zero attached hydrogens (tertiary/aromatic N) is 3. The fraction of sp³-hybridized carbons (Fsp3) is 0.452. The predicted octanol–water partition coefficient (Wildman–Crippen LogP) is 3.92. The standard InChI is InChI=1S/C31H40N4O7S2/c1-6-20(2)17-34(44(39,40)25-14-12-24(41-5)13-15-25)18-27(36)26(16-23-10-8-7-9-11-23)33-29(37)28-19-35(31(38)42-28)30-21(3)32-22(4)43-30/h7-15,20,26-28,36H,6,16-19H2,1-5H3,(H,33,37)/t20-,26?,27-,28?/m1/s1. The smallest absolute Gasteiger partial charge is 0.415 e. The number of aliphatic hydroxyl groups excluding tert-OH is 1. The molecule has 1 aromatic heterocycles. The van der Waals surface area contributed by atoms with Gasteiger partial charge in [-0.2, -0.15) is 4.31 Å². The summed E-state index contributed by atoms with van der Waals surface area (Å²) in [5.74, 6) is -0.0405. The Labute approximate surface area is 262 Å². The minimum absolute atomic E-state index is 0.00667. The van der Waals surface area contributed by atoms with E-state index in [9.17, 15) is 23.1 Å². The molecule has 3 aromatic rings. The maximum atomic E-state index is 13.8. The van der Waals surface area contributed by atoms with Crippen LogP contribution in [0.4, 0.5) is 9.80 Å². The van der Waals surface area contributed by atoms with E-state index in [0.29, 0.717) is 16.4 Å². The highest BCUT2D eigenvalue weighted by Gasteiger charge is 2.40. The van der Waals surface area contributed by atoms with Crippen molar-refractivity contribution >= 4 is 38.4 Å². The average Bonchev–Trinajstić information content (AvgIpc) is 3.56. The minimum atomic E-state index is -4.00. The quantitative estimate of drug-likeness (QED) is 0.269. The van der Waals surface area contributed by atoms with Crippen LogP contribution in [0.3, 0.4) is 0 Å². The van der Waals surface area contributed by atoms with E-state index in [-0.39, 0.29) is 36.9 Å². The number of ether oxygens (including phenoxy) is 2. The van der Waals surface area contributed by atoms with E-state index >= 15 is 0 Å². The van der Waals surface area contributed by atoms with Gasteiger partial charge in [-0.05, 0) is 56.0 Å². The molecule has 0 aliphatic carbocycles. The van der Waals surface area contributed by atoms with Crippen molar-refractivity contribution in [2.24, 2.45) is 5.92 Å². The van der Waals surface area contributed by atoms with E-state index in [0.717, 1.165) is 17.0 Å². The zero-order valence-electron chi connectivity index (χ0n) is 25.6. The summed E-state index contributed by atoms with van der Waals surface area (Å²) in [5, 5.41) is 15.8. The first kappa shape index (κ1) is 33.4. The molecule has 2 unspecified atom stereocenters. The zero-order valence-corrected chi connectivity index (χ0v) is 27.2. The van der Waals surface area contributed by atoms with Crippen LogP contribution in [0.25, 0.3) is 0 Å². The van der Waals surface area contributed by atoms with E-state index in [2.05, 4.69) is 10.3 Å². The number of anilines is 1. The van der Waals surface area contributed by atoms with Gasteiger partial charge in [0.05, 0.1) is 41.4 Å². The lowest BCUT2D eigenvalue weighted by Crippen LogP contribution is -2.53. The van der Waals surface area contributed by atoms with Gasteiger partial charge in [-0.1, -0.05) is 50.6 Å². The molecule has 238 valence electrons. The average molecular weight is 645 g/mol. The molecular formula is C31H40N4O7S2. The zero-order chi connectivity index (χ0) is 32.0. The molecule has 2 N–H and O–H groups in total. The van der Waals surface area contributed by atoms with Crippen molar-refractivity contribution in [1.29, 1.82) is 0 Å². The summed E-state index contributed by atoms with van der Waals surface area (Å²) in [5.41, 5.74) is 1.51. The summed E-state index contributed by atoms with van der Waals surface area (Å²) < 4.78 is 39.4. The number of amides is 2. The van der Waals surface area contributed by atoms with Crippen LogP contribution in [0.15, 0.2) is 59.5 Å². The van der Waals surface area contributed by atoms with E-state index in [4.69, 9.17) is 9.47 Å². The van der Waals surface area contributed by atoms with Gasteiger partial charge in [-0.25, -0.2) is 18.2 Å². The lowest BCUT2D eigenvalue weighted by atomic mass is 10.0. The number of rotatable bonds is 14. The largest absolute Gasteiger partial charge is 0.497 e. The van der Waals surface area contributed by atoms with Crippen molar-refractivity contribution in [3.63, 3.8) is 0 Å². The number of aromatic nitrogens is 1. The molecule has 2 aromatic carbocycles. The second-order valence-corrected chi connectivity index (χ2v) is 14.1. The van der Waals surface area contributed by atoms with Crippen molar-refractivity contribution in [1.82, 2.24) is 14.6 Å². The van der Waals surface area contributed by atoms with Gasteiger partial charge in [-0.3, -0.25) is 9.69 Å². The number of benzene rings is 2. The van der Waals surface area contributed by atoms with Crippen LogP contribution in [-0.4, -0.2) is 79.8 Å². The van der Waals surface area contributed by atoms with Gasteiger partial charge in [0, 0.05) is 13.1 Å². The van der Waals surface area contributed by atoms with Gasteiger partial charge >= 0.3 is 6.09 Å². The summed E-state index contributed by atoms with van der Waals surface area (Å²) in [6.45, 7) is 7.45. The van der Waals surface area contributed by atoms with Crippen LogP contribution in [0.1, 0.15) is 36.5 Å². The summed E-state index contributed by atoms with van der Waals surface area (Å²) in [6.07, 6.45) is -2.09. The first-order valence-corrected chi connectivity index (χ1v) is 16.8.